The van der Waals surface area contributed by atoms with Gasteiger partial charge in [0.1, 0.15) is 5.75 Å². The van der Waals surface area contributed by atoms with E-state index in [0.717, 1.165) is 37.7 Å². The number of hydrogen-bond acceptors (Lipinski definition) is 1. The molecule has 27 heavy (non-hydrogen) atoms. The van der Waals surface area contributed by atoms with Gasteiger partial charge in [0.15, 0.2) is 0 Å². The Morgan fingerprint density at radius 1 is 1.15 bits per heavy atom. The predicted octanol–water partition coefficient (Wildman–Crippen LogP) is 7.44. The molecule has 1 aromatic carbocycles. The molecular weight excluding hydrogens is 394 g/mol. The summed E-state index contributed by atoms with van der Waals surface area (Å²) >= 11 is 5.82. The van der Waals surface area contributed by atoms with E-state index < -0.39 is 24.2 Å². The van der Waals surface area contributed by atoms with Crippen LogP contribution in [0.25, 0.3) is 6.08 Å². The van der Waals surface area contributed by atoms with E-state index in [-0.39, 0.29) is 5.02 Å². The number of ether oxygens (including phenoxy) is 1. The summed E-state index contributed by atoms with van der Waals surface area (Å²) in [5, 5.41) is -0.319. The highest BCUT2D eigenvalue weighted by molar-refractivity contribution is 6.32. The third-order valence-corrected chi connectivity index (χ3v) is 5.11. The first-order valence-corrected chi connectivity index (χ1v) is 9.16. The quantitative estimate of drug-likeness (QED) is 0.439. The van der Waals surface area contributed by atoms with Crippen LogP contribution in [-0.4, -0.2) is 18.5 Å². The highest BCUT2D eigenvalue weighted by Gasteiger charge is 2.59. The van der Waals surface area contributed by atoms with E-state index in [1.807, 2.05) is 6.08 Å². The van der Waals surface area contributed by atoms with E-state index in [9.17, 15) is 26.3 Å². The molecule has 1 atom stereocenters. The maximum absolute atomic E-state index is 13.3. The zero-order valence-corrected chi connectivity index (χ0v) is 15.5. The fourth-order valence-corrected chi connectivity index (χ4v) is 3.36. The Bertz CT molecular complexity index is 650. The van der Waals surface area contributed by atoms with Gasteiger partial charge in [-0.25, -0.2) is 4.39 Å². The van der Waals surface area contributed by atoms with E-state index in [1.54, 1.807) is 6.08 Å². The summed E-state index contributed by atoms with van der Waals surface area (Å²) in [7, 11) is 0. The van der Waals surface area contributed by atoms with Crippen molar-refractivity contribution in [2.24, 2.45) is 11.8 Å². The number of hydrogen-bond donors (Lipinski definition) is 0. The lowest BCUT2D eigenvalue weighted by Gasteiger charge is -2.25. The van der Waals surface area contributed by atoms with Gasteiger partial charge in [-0.1, -0.05) is 43.2 Å². The van der Waals surface area contributed by atoms with Gasteiger partial charge in [0, 0.05) is 0 Å². The highest BCUT2D eigenvalue weighted by atomic mass is 35.5. The average Bonchev–Trinajstić information content (AvgIpc) is 2.61. The Hall–Kier alpha value is -1.37. The van der Waals surface area contributed by atoms with Gasteiger partial charge in [-0.05, 0) is 55.2 Å². The summed E-state index contributed by atoms with van der Waals surface area (Å²) in [5.41, 5.74) is 0.598. The molecular formula is C19H21ClF6O. The Morgan fingerprint density at radius 2 is 1.78 bits per heavy atom. The van der Waals surface area contributed by atoms with Gasteiger partial charge in [-0.15, -0.1) is 0 Å². The van der Waals surface area contributed by atoms with Crippen LogP contribution in [0.15, 0.2) is 24.3 Å². The topological polar surface area (TPSA) is 9.23 Å². The average molecular weight is 415 g/mol. The van der Waals surface area contributed by atoms with Gasteiger partial charge in [0.25, 0.3) is 6.17 Å². The number of allylic oxidation sites excluding steroid dienone is 1. The number of rotatable bonds is 6. The number of benzene rings is 1. The minimum absolute atomic E-state index is 0.319. The van der Waals surface area contributed by atoms with Crippen molar-refractivity contribution in [1.82, 2.24) is 0 Å². The summed E-state index contributed by atoms with van der Waals surface area (Å²) in [4.78, 5) is 0. The summed E-state index contributed by atoms with van der Waals surface area (Å²) in [6.45, 7) is 2.18. The second kappa shape index (κ2) is 8.76. The van der Waals surface area contributed by atoms with Crippen LogP contribution < -0.4 is 4.74 Å². The molecule has 1 aromatic rings. The molecule has 0 aliphatic heterocycles. The van der Waals surface area contributed by atoms with E-state index >= 15 is 0 Å². The van der Waals surface area contributed by atoms with Gasteiger partial charge < -0.3 is 4.74 Å². The van der Waals surface area contributed by atoms with Crippen LogP contribution in [0.4, 0.5) is 26.3 Å². The molecule has 0 N–H and O–H groups in total. The summed E-state index contributed by atoms with van der Waals surface area (Å²) in [6.07, 6.45) is -5.80. The minimum atomic E-state index is -5.74. The Kier molecular flexibility index (Phi) is 7.11. The van der Waals surface area contributed by atoms with E-state index in [0.29, 0.717) is 11.5 Å². The first-order valence-electron chi connectivity index (χ1n) is 8.78. The Balaban J connectivity index is 2.02. The van der Waals surface area contributed by atoms with Gasteiger partial charge in [-0.3, -0.25) is 0 Å². The Morgan fingerprint density at radius 3 is 2.30 bits per heavy atom. The van der Waals surface area contributed by atoms with Crippen LogP contribution in [0.3, 0.4) is 0 Å². The number of halogens is 7. The van der Waals surface area contributed by atoms with Crippen molar-refractivity contribution >= 4 is 17.7 Å². The molecule has 2 rings (SSSR count). The molecule has 1 nitrogen and oxygen atoms in total. The fraction of sp³-hybridized carbons (Fsp3) is 0.579. The summed E-state index contributed by atoms with van der Waals surface area (Å²) < 4.78 is 80.0. The molecule has 0 bridgehead atoms. The van der Waals surface area contributed by atoms with Crippen LogP contribution in [0.1, 0.15) is 44.6 Å². The SMILES string of the molecule is CCC1CCC(/C=C/c2ccc(OC(F)(F)C(F)C(F)(F)F)c(Cl)c2)CC1. The molecule has 1 aliphatic rings. The van der Waals surface area contributed by atoms with Crippen LogP contribution in [0.2, 0.25) is 5.02 Å². The highest BCUT2D eigenvalue weighted by Crippen LogP contribution is 2.39. The second-order valence-electron chi connectivity index (χ2n) is 6.81. The van der Waals surface area contributed by atoms with Crippen LogP contribution in [0.5, 0.6) is 5.75 Å². The lowest BCUT2D eigenvalue weighted by atomic mass is 9.80. The van der Waals surface area contributed by atoms with Gasteiger partial charge in [0.05, 0.1) is 5.02 Å². The van der Waals surface area contributed by atoms with E-state index in [2.05, 4.69) is 11.7 Å². The van der Waals surface area contributed by atoms with Crippen LogP contribution >= 0.6 is 11.6 Å². The van der Waals surface area contributed by atoms with Crippen LogP contribution in [0, 0.1) is 11.8 Å². The van der Waals surface area contributed by atoms with Crippen molar-refractivity contribution in [2.45, 2.75) is 57.5 Å². The largest absolute Gasteiger partial charge is 0.439 e. The summed E-state index contributed by atoms with van der Waals surface area (Å²) in [5.74, 6) is 0.471. The van der Waals surface area contributed by atoms with E-state index in [1.165, 1.54) is 18.6 Å². The van der Waals surface area contributed by atoms with Gasteiger partial charge in [-0.2, -0.15) is 22.0 Å². The fourth-order valence-electron chi connectivity index (χ4n) is 3.13. The molecule has 1 aliphatic carbocycles. The van der Waals surface area contributed by atoms with Crippen molar-refractivity contribution in [2.75, 3.05) is 0 Å². The zero-order valence-electron chi connectivity index (χ0n) is 14.7. The van der Waals surface area contributed by atoms with Crippen molar-refractivity contribution in [3.05, 3.63) is 34.9 Å². The van der Waals surface area contributed by atoms with Crippen molar-refractivity contribution in [3.63, 3.8) is 0 Å². The maximum atomic E-state index is 13.3. The third-order valence-electron chi connectivity index (χ3n) is 4.81. The standard InChI is InChI=1S/C19H21ClF6O/c1-2-12-3-5-13(6-4-12)7-8-14-9-10-16(15(20)11-14)27-19(25,26)17(21)18(22,23)24/h7-13,17H,2-6H2,1H3/b8-7+. The predicted molar refractivity (Wildman–Crippen MR) is 92.8 cm³/mol. The van der Waals surface area contributed by atoms with E-state index in [4.69, 9.17) is 11.6 Å². The Labute approximate surface area is 159 Å². The smallest absolute Gasteiger partial charge is 0.429 e. The molecule has 1 saturated carbocycles. The lowest BCUT2D eigenvalue weighted by Crippen LogP contribution is -2.45. The van der Waals surface area contributed by atoms with Crippen molar-refractivity contribution in [1.29, 1.82) is 0 Å². The normalized spacial score (nSPS) is 22.8. The molecule has 0 heterocycles. The monoisotopic (exact) mass is 414 g/mol. The van der Waals surface area contributed by atoms with Crippen molar-refractivity contribution < 1.29 is 31.1 Å². The van der Waals surface area contributed by atoms with Gasteiger partial charge >= 0.3 is 12.3 Å². The first kappa shape index (κ1) is 21.9. The van der Waals surface area contributed by atoms with Crippen LogP contribution in [-0.2, 0) is 0 Å². The van der Waals surface area contributed by atoms with Gasteiger partial charge in [0.2, 0.25) is 0 Å². The number of alkyl halides is 6. The molecule has 0 spiro atoms. The molecule has 0 radical (unpaired) electrons. The van der Waals surface area contributed by atoms with Crippen molar-refractivity contribution in [3.8, 4) is 5.75 Å². The second-order valence-corrected chi connectivity index (χ2v) is 7.21. The molecule has 0 amide bonds. The first-order chi connectivity index (χ1) is 12.5. The summed E-state index contributed by atoms with van der Waals surface area (Å²) in [6, 6.07) is 3.68. The molecule has 152 valence electrons. The molecule has 1 fully saturated rings. The lowest BCUT2D eigenvalue weighted by molar-refractivity contribution is -0.304. The maximum Gasteiger partial charge on any atom is 0.439 e. The zero-order chi connectivity index (χ0) is 20.2. The molecule has 0 saturated heterocycles. The molecule has 1 unspecified atom stereocenters. The minimum Gasteiger partial charge on any atom is -0.429 e. The third kappa shape index (κ3) is 6.06. The molecule has 0 aromatic heterocycles. The molecule has 8 heteroatoms.